The highest BCUT2D eigenvalue weighted by atomic mass is 127. The van der Waals surface area contributed by atoms with E-state index in [0.29, 0.717) is 43.2 Å². The van der Waals surface area contributed by atoms with Crippen LogP contribution in [0.3, 0.4) is 0 Å². The Morgan fingerprint density at radius 1 is 1.17 bits per heavy atom. The summed E-state index contributed by atoms with van der Waals surface area (Å²) >= 11 is 2.18. The first-order valence-electron chi connectivity index (χ1n) is 12.0. The van der Waals surface area contributed by atoms with E-state index in [1.54, 1.807) is 0 Å². The smallest absolute Gasteiger partial charge is 0.220 e. The number of rotatable bonds is 11. The molecule has 0 aromatic carbocycles. The largest absolute Gasteiger partial charge is 0.368 e. The van der Waals surface area contributed by atoms with Crippen LogP contribution in [0.25, 0.3) is 0 Å². The molecular formula is C23H39IN2O4. The van der Waals surface area contributed by atoms with E-state index in [0.717, 1.165) is 23.7 Å². The van der Waals surface area contributed by atoms with Gasteiger partial charge in [0.1, 0.15) is 0 Å². The second-order valence-corrected chi connectivity index (χ2v) is 10.4. The molecule has 6 unspecified atom stereocenters. The predicted octanol–water partition coefficient (Wildman–Crippen LogP) is 3.34. The number of alkyl halides is 1. The highest BCUT2D eigenvalue weighted by Gasteiger charge is 2.50. The van der Waals surface area contributed by atoms with E-state index in [9.17, 15) is 14.7 Å². The SMILES string of the molecule is O=C(CCC(O)OCCI)NCCCCC1NC2C3CCCCCC(CC3)C2C1=O. The molecule has 2 bridgehead atoms. The topological polar surface area (TPSA) is 87.7 Å². The van der Waals surface area contributed by atoms with Crippen molar-refractivity contribution >= 4 is 34.3 Å². The molecule has 172 valence electrons. The van der Waals surface area contributed by atoms with Crippen LogP contribution < -0.4 is 10.6 Å². The quantitative estimate of drug-likeness (QED) is 0.164. The third-order valence-corrected chi connectivity index (χ3v) is 7.71. The molecule has 3 aliphatic rings. The van der Waals surface area contributed by atoms with Crippen molar-refractivity contribution < 1.29 is 19.4 Å². The molecule has 1 amide bonds. The molecule has 30 heavy (non-hydrogen) atoms. The second-order valence-electron chi connectivity index (χ2n) is 9.31. The lowest BCUT2D eigenvalue weighted by Crippen LogP contribution is -2.43. The van der Waals surface area contributed by atoms with E-state index >= 15 is 0 Å². The van der Waals surface area contributed by atoms with Crippen LogP contribution in [0.5, 0.6) is 0 Å². The fourth-order valence-corrected chi connectivity index (χ4v) is 6.00. The number of halogens is 1. The normalized spacial score (nSPS) is 32.2. The van der Waals surface area contributed by atoms with Crippen molar-refractivity contribution in [3.8, 4) is 0 Å². The maximum atomic E-state index is 13.1. The van der Waals surface area contributed by atoms with Crippen molar-refractivity contribution in [2.45, 2.75) is 95.4 Å². The lowest BCUT2D eigenvalue weighted by molar-refractivity contribution is -0.127. The zero-order chi connectivity index (χ0) is 21.3. The van der Waals surface area contributed by atoms with Gasteiger partial charge in [-0.25, -0.2) is 0 Å². The summed E-state index contributed by atoms with van der Waals surface area (Å²) in [5.74, 6) is 1.97. The first-order chi connectivity index (χ1) is 14.6. The van der Waals surface area contributed by atoms with Gasteiger partial charge in [0.2, 0.25) is 5.91 Å². The first-order valence-corrected chi connectivity index (χ1v) is 13.5. The average molecular weight is 534 g/mol. The fourth-order valence-electron chi connectivity index (χ4n) is 5.74. The van der Waals surface area contributed by atoms with Crippen LogP contribution in [0.15, 0.2) is 0 Å². The van der Waals surface area contributed by atoms with Crippen molar-refractivity contribution in [3.63, 3.8) is 0 Å². The molecule has 6 atom stereocenters. The van der Waals surface area contributed by atoms with Crippen molar-refractivity contribution in [2.75, 3.05) is 17.6 Å². The molecule has 1 heterocycles. The number of hydrogen-bond acceptors (Lipinski definition) is 5. The molecule has 0 aromatic heterocycles. The summed E-state index contributed by atoms with van der Waals surface area (Å²) in [6.45, 7) is 1.13. The standard InChI is InChI=1S/C23H39IN2O4/c24-13-15-30-20(28)12-11-19(27)25-14-5-4-8-18-23(29)21-16-6-2-1-3-7-17(10-9-16)22(21)26-18/h16-18,20-22,26,28H,1-15H2,(H,25,27). The molecule has 0 spiro atoms. The Bertz CT molecular complexity index is 557. The Labute approximate surface area is 194 Å². The molecule has 3 N–H and O–H groups in total. The van der Waals surface area contributed by atoms with E-state index in [1.165, 1.54) is 44.9 Å². The highest BCUT2D eigenvalue weighted by Crippen LogP contribution is 2.44. The molecular weight excluding hydrogens is 495 g/mol. The van der Waals surface area contributed by atoms with Crippen LogP contribution in [0, 0.1) is 17.8 Å². The van der Waals surface area contributed by atoms with Gasteiger partial charge in [0, 0.05) is 35.8 Å². The van der Waals surface area contributed by atoms with Gasteiger partial charge in [0.15, 0.2) is 12.1 Å². The number of aliphatic hydroxyl groups is 1. The number of nitrogens with one attached hydrogen (secondary N) is 2. The minimum atomic E-state index is -0.860. The number of amides is 1. The maximum absolute atomic E-state index is 13.1. The summed E-state index contributed by atoms with van der Waals surface area (Å²) in [5, 5.41) is 16.3. The van der Waals surface area contributed by atoms with Gasteiger partial charge in [0.25, 0.3) is 0 Å². The molecule has 3 rings (SSSR count). The molecule has 7 heteroatoms. The van der Waals surface area contributed by atoms with Gasteiger partial charge in [-0.05, 0) is 56.8 Å². The van der Waals surface area contributed by atoms with Crippen molar-refractivity contribution in [2.24, 2.45) is 17.8 Å². The van der Waals surface area contributed by atoms with Gasteiger partial charge in [-0.15, -0.1) is 0 Å². The Morgan fingerprint density at radius 2 is 1.93 bits per heavy atom. The van der Waals surface area contributed by atoms with Gasteiger partial charge in [0.05, 0.1) is 12.6 Å². The van der Waals surface area contributed by atoms with Crippen molar-refractivity contribution in [3.05, 3.63) is 0 Å². The van der Waals surface area contributed by atoms with Crippen LogP contribution in [-0.4, -0.2) is 52.7 Å². The second kappa shape index (κ2) is 12.7. The van der Waals surface area contributed by atoms with Crippen LogP contribution in [0.4, 0.5) is 0 Å². The zero-order valence-electron chi connectivity index (χ0n) is 18.1. The van der Waals surface area contributed by atoms with Gasteiger partial charge < -0.3 is 20.5 Å². The number of carbonyl (C=O) groups is 2. The summed E-state index contributed by atoms with van der Waals surface area (Å²) < 4.78 is 5.98. The lowest BCUT2D eigenvalue weighted by Gasteiger charge is -2.37. The zero-order valence-corrected chi connectivity index (χ0v) is 20.3. The summed E-state index contributed by atoms with van der Waals surface area (Å²) in [4.78, 5) is 25.0. The Morgan fingerprint density at radius 3 is 2.73 bits per heavy atom. The third kappa shape index (κ3) is 6.87. The fraction of sp³-hybridized carbons (Fsp3) is 0.913. The number of hydrogen-bond donors (Lipinski definition) is 3. The van der Waals surface area contributed by atoms with Crippen LogP contribution in [0.1, 0.15) is 77.0 Å². The first kappa shape index (κ1) is 24.4. The van der Waals surface area contributed by atoms with E-state index < -0.39 is 6.29 Å². The third-order valence-electron chi connectivity index (χ3n) is 7.27. The average Bonchev–Trinajstić information content (AvgIpc) is 3.15. The van der Waals surface area contributed by atoms with Crippen molar-refractivity contribution in [1.82, 2.24) is 10.6 Å². The molecule has 2 saturated carbocycles. The summed E-state index contributed by atoms with van der Waals surface area (Å²) in [6.07, 6.45) is 11.5. The minimum absolute atomic E-state index is 0.0171. The van der Waals surface area contributed by atoms with Crippen LogP contribution in [-0.2, 0) is 14.3 Å². The summed E-state index contributed by atoms with van der Waals surface area (Å²) in [6, 6.07) is 0.434. The molecule has 6 nitrogen and oxygen atoms in total. The van der Waals surface area contributed by atoms with E-state index in [4.69, 9.17) is 4.74 Å². The van der Waals surface area contributed by atoms with Gasteiger partial charge >= 0.3 is 0 Å². The molecule has 3 fully saturated rings. The van der Waals surface area contributed by atoms with Crippen LogP contribution >= 0.6 is 22.6 Å². The number of carbonyl (C=O) groups excluding carboxylic acids is 2. The Balaban J connectivity index is 1.33. The molecule has 0 aromatic rings. The van der Waals surface area contributed by atoms with Gasteiger partial charge in [-0.2, -0.15) is 0 Å². The number of ketones is 1. The highest BCUT2D eigenvalue weighted by molar-refractivity contribution is 14.1. The van der Waals surface area contributed by atoms with E-state index in [1.807, 2.05) is 0 Å². The molecule has 0 radical (unpaired) electrons. The molecule has 1 aliphatic heterocycles. The molecule has 2 aliphatic carbocycles. The van der Waals surface area contributed by atoms with Gasteiger partial charge in [-0.3, -0.25) is 9.59 Å². The predicted molar refractivity (Wildman–Crippen MR) is 125 cm³/mol. The number of aliphatic hydroxyl groups excluding tert-OH is 1. The minimum Gasteiger partial charge on any atom is -0.368 e. The number of Topliss-reactive ketones (excluding diaryl/α,β-unsaturated/α-hetero) is 1. The summed E-state index contributed by atoms with van der Waals surface area (Å²) in [7, 11) is 0. The lowest BCUT2D eigenvalue weighted by atomic mass is 9.68. The Kier molecular flexibility index (Phi) is 10.3. The number of unbranched alkanes of at least 4 members (excludes halogenated alkanes) is 1. The van der Waals surface area contributed by atoms with E-state index in [-0.39, 0.29) is 24.3 Å². The van der Waals surface area contributed by atoms with Crippen molar-refractivity contribution in [1.29, 1.82) is 0 Å². The summed E-state index contributed by atoms with van der Waals surface area (Å²) in [5.41, 5.74) is 0. The number of ether oxygens (including phenoxy) is 1. The van der Waals surface area contributed by atoms with E-state index in [2.05, 4.69) is 33.2 Å². The van der Waals surface area contributed by atoms with Crippen LogP contribution in [0.2, 0.25) is 0 Å². The maximum Gasteiger partial charge on any atom is 0.220 e. The Hall–Kier alpha value is -0.250. The monoisotopic (exact) mass is 534 g/mol. The molecule has 1 saturated heterocycles. The van der Waals surface area contributed by atoms with Gasteiger partial charge in [-0.1, -0.05) is 41.9 Å².